The molecule has 26 heavy (non-hydrogen) atoms. The Kier molecular flexibility index (Phi) is 5.06. The van der Waals surface area contributed by atoms with E-state index in [0.717, 1.165) is 23.9 Å². The second-order valence-electron chi connectivity index (χ2n) is 6.16. The number of aromatic hydroxyl groups is 1. The lowest BCUT2D eigenvalue weighted by Crippen LogP contribution is -2.48. The summed E-state index contributed by atoms with van der Waals surface area (Å²) in [5, 5.41) is 12.4. The van der Waals surface area contributed by atoms with Gasteiger partial charge in [0.2, 0.25) is 5.91 Å². The average molecular weight is 357 g/mol. The number of piperazine rings is 1. The molecule has 0 unspecified atom stereocenters. The Morgan fingerprint density at radius 2 is 1.81 bits per heavy atom. The Hall–Kier alpha value is -3.09. The van der Waals surface area contributed by atoms with Gasteiger partial charge in [0, 0.05) is 44.5 Å². The van der Waals surface area contributed by atoms with E-state index in [1.165, 1.54) is 0 Å². The number of carbonyl (C=O) groups is 2. The van der Waals surface area contributed by atoms with Crippen molar-refractivity contribution in [3.05, 3.63) is 53.8 Å². The molecule has 0 spiro atoms. The second kappa shape index (κ2) is 7.43. The molecular formula is C19H20FN3O3. The summed E-state index contributed by atoms with van der Waals surface area (Å²) < 4.78 is 13.3. The molecule has 0 atom stereocenters. The van der Waals surface area contributed by atoms with Crippen LogP contribution in [0.25, 0.3) is 0 Å². The summed E-state index contributed by atoms with van der Waals surface area (Å²) in [5.74, 6) is -1.38. The normalized spacial score (nSPS) is 14.2. The number of amides is 2. The van der Waals surface area contributed by atoms with Gasteiger partial charge in [-0.3, -0.25) is 9.59 Å². The zero-order valence-electron chi connectivity index (χ0n) is 14.4. The number of nitrogens with zero attached hydrogens (tertiary/aromatic N) is 2. The topological polar surface area (TPSA) is 72.9 Å². The van der Waals surface area contributed by atoms with E-state index >= 15 is 0 Å². The third-order valence-electron chi connectivity index (χ3n) is 4.40. The maximum Gasteiger partial charge on any atom is 0.259 e. The lowest BCUT2D eigenvalue weighted by molar-refractivity contribution is -0.129. The van der Waals surface area contributed by atoms with Gasteiger partial charge in [-0.15, -0.1) is 0 Å². The number of hydrogen-bond donors (Lipinski definition) is 2. The van der Waals surface area contributed by atoms with Crippen LogP contribution in [0.4, 0.5) is 15.8 Å². The Bertz CT molecular complexity index is 833. The number of phenolic OH excluding ortho intramolecular Hbond substituents is 1. The number of phenols is 1. The molecule has 1 aliphatic heterocycles. The molecule has 6 nitrogen and oxygen atoms in total. The van der Waals surface area contributed by atoms with Gasteiger partial charge in [0.05, 0.1) is 5.56 Å². The van der Waals surface area contributed by atoms with Crippen LogP contribution in [0.5, 0.6) is 5.75 Å². The van der Waals surface area contributed by atoms with Gasteiger partial charge >= 0.3 is 0 Å². The number of rotatable bonds is 3. The first-order valence-electron chi connectivity index (χ1n) is 8.34. The van der Waals surface area contributed by atoms with Gasteiger partial charge in [0.1, 0.15) is 11.6 Å². The van der Waals surface area contributed by atoms with Crippen molar-refractivity contribution in [2.24, 2.45) is 0 Å². The monoisotopic (exact) mass is 357 g/mol. The van der Waals surface area contributed by atoms with Crippen molar-refractivity contribution in [1.82, 2.24) is 4.90 Å². The van der Waals surface area contributed by atoms with Crippen molar-refractivity contribution >= 4 is 23.2 Å². The number of nitrogens with one attached hydrogen (secondary N) is 1. The SMILES string of the molecule is CC(=O)N1CCN(c2cccc(NC(=O)c3cc(F)ccc3O)c2)CC1. The van der Waals surface area contributed by atoms with Crippen LogP contribution in [0.3, 0.4) is 0 Å². The molecule has 0 saturated carbocycles. The molecule has 2 aromatic carbocycles. The predicted octanol–water partition coefficient (Wildman–Crippen LogP) is 2.45. The van der Waals surface area contributed by atoms with Crippen molar-refractivity contribution < 1.29 is 19.1 Å². The van der Waals surface area contributed by atoms with Gasteiger partial charge in [0.15, 0.2) is 0 Å². The van der Waals surface area contributed by atoms with Crippen molar-refractivity contribution in [3.63, 3.8) is 0 Å². The van der Waals surface area contributed by atoms with Gasteiger partial charge in [-0.1, -0.05) is 6.07 Å². The van der Waals surface area contributed by atoms with Crippen molar-refractivity contribution in [1.29, 1.82) is 0 Å². The molecular weight excluding hydrogens is 337 g/mol. The zero-order valence-corrected chi connectivity index (χ0v) is 14.4. The lowest BCUT2D eigenvalue weighted by Gasteiger charge is -2.35. The third-order valence-corrected chi connectivity index (χ3v) is 4.40. The molecule has 0 bridgehead atoms. The summed E-state index contributed by atoms with van der Waals surface area (Å²) >= 11 is 0. The minimum absolute atomic E-state index is 0.0700. The molecule has 136 valence electrons. The molecule has 2 aromatic rings. The van der Waals surface area contributed by atoms with Crippen molar-refractivity contribution in [3.8, 4) is 5.75 Å². The molecule has 1 aliphatic rings. The van der Waals surface area contributed by atoms with Gasteiger partial charge in [0.25, 0.3) is 5.91 Å². The summed E-state index contributed by atoms with van der Waals surface area (Å²) in [4.78, 5) is 27.6. The summed E-state index contributed by atoms with van der Waals surface area (Å²) in [6.45, 7) is 4.29. The van der Waals surface area contributed by atoms with Crippen LogP contribution in [-0.2, 0) is 4.79 Å². The highest BCUT2D eigenvalue weighted by atomic mass is 19.1. The first kappa shape index (κ1) is 17.7. The number of halogens is 1. The van der Waals surface area contributed by atoms with E-state index in [1.54, 1.807) is 17.9 Å². The highest BCUT2D eigenvalue weighted by molar-refractivity contribution is 6.06. The Labute approximate surface area is 150 Å². The van der Waals surface area contributed by atoms with Crippen molar-refractivity contribution in [2.75, 3.05) is 36.4 Å². The maximum atomic E-state index is 13.3. The number of hydrogen-bond acceptors (Lipinski definition) is 4. The average Bonchev–Trinajstić information content (AvgIpc) is 2.64. The predicted molar refractivity (Wildman–Crippen MR) is 96.9 cm³/mol. The van der Waals surface area contributed by atoms with Gasteiger partial charge in [-0.25, -0.2) is 4.39 Å². The molecule has 0 aromatic heterocycles. The molecule has 1 fully saturated rings. The van der Waals surface area contributed by atoms with E-state index in [9.17, 15) is 19.1 Å². The first-order valence-corrected chi connectivity index (χ1v) is 8.34. The Morgan fingerprint density at radius 1 is 1.08 bits per heavy atom. The fraction of sp³-hybridized carbons (Fsp3) is 0.263. The molecule has 3 rings (SSSR count). The van der Waals surface area contributed by atoms with E-state index in [-0.39, 0.29) is 17.2 Å². The van der Waals surface area contributed by atoms with Crippen LogP contribution in [0.1, 0.15) is 17.3 Å². The minimum Gasteiger partial charge on any atom is -0.507 e. The summed E-state index contributed by atoms with van der Waals surface area (Å²) in [7, 11) is 0. The molecule has 1 saturated heterocycles. The summed E-state index contributed by atoms with van der Waals surface area (Å²) in [6, 6.07) is 10.5. The van der Waals surface area contributed by atoms with Gasteiger partial charge in [-0.05, 0) is 36.4 Å². The van der Waals surface area contributed by atoms with E-state index in [1.807, 2.05) is 18.2 Å². The Balaban J connectivity index is 1.71. The molecule has 1 heterocycles. The van der Waals surface area contributed by atoms with Crippen LogP contribution in [0, 0.1) is 5.82 Å². The third kappa shape index (κ3) is 3.93. The van der Waals surface area contributed by atoms with Crippen LogP contribution < -0.4 is 10.2 Å². The number of anilines is 2. The highest BCUT2D eigenvalue weighted by Crippen LogP contribution is 2.23. The van der Waals surface area contributed by atoms with E-state index in [4.69, 9.17) is 0 Å². The number of carbonyl (C=O) groups excluding carboxylic acids is 2. The minimum atomic E-state index is -0.593. The van der Waals surface area contributed by atoms with Crippen LogP contribution >= 0.6 is 0 Å². The lowest BCUT2D eigenvalue weighted by atomic mass is 10.1. The molecule has 0 radical (unpaired) electrons. The molecule has 2 N–H and O–H groups in total. The van der Waals surface area contributed by atoms with E-state index in [0.29, 0.717) is 31.9 Å². The standard InChI is InChI=1S/C19H20FN3O3/c1-13(24)22-7-9-23(10-8-22)16-4-2-3-15(12-16)21-19(26)17-11-14(20)5-6-18(17)25/h2-6,11-12,25H,7-10H2,1H3,(H,21,26). The summed E-state index contributed by atoms with van der Waals surface area (Å²) in [6.07, 6.45) is 0. The van der Waals surface area contributed by atoms with Crippen LogP contribution in [0.2, 0.25) is 0 Å². The van der Waals surface area contributed by atoms with Gasteiger partial charge < -0.3 is 20.2 Å². The van der Waals surface area contributed by atoms with Crippen LogP contribution in [0.15, 0.2) is 42.5 Å². The maximum absolute atomic E-state index is 13.3. The van der Waals surface area contributed by atoms with Gasteiger partial charge in [-0.2, -0.15) is 0 Å². The van der Waals surface area contributed by atoms with Crippen LogP contribution in [-0.4, -0.2) is 48.0 Å². The fourth-order valence-electron chi connectivity index (χ4n) is 2.95. The zero-order chi connectivity index (χ0) is 18.7. The highest BCUT2D eigenvalue weighted by Gasteiger charge is 2.19. The molecule has 7 heteroatoms. The largest absolute Gasteiger partial charge is 0.507 e. The van der Waals surface area contributed by atoms with Crippen molar-refractivity contribution in [2.45, 2.75) is 6.92 Å². The van der Waals surface area contributed by atoms with E-state index in [2.05, 4.69) is 10.2 Å². The molecule has 0 aliphatic carbocycles. The number of benzene rings is 2. The quantitative estimate of drug-likeness (QED) is 0.885. The molecule has 2 amide bonds. The first-order chi connectivity index (χ1) is 12.4. The smallest absolute Gasteiger partial charge is 0.259 e. The second-order valence-corrected chi connectivity index (χ2v) is 6.16. The van der Waals surface area contributed by atoms with E-state index < -0.39 is 11.7 Å². The fourth-order valence-corrected chi connectivity index (χ4v) is 2.95. The Morgan fingerprint density at radius 3 is 2.50 bits per heavy atom. The summed E-state index contributed by atoms with van der Waals surface area (Å²) in [5.41, 5.74) is 1.35.